The average Bonchev–Trinajstić information content (AvgIpc) is 2.61. The minimum atomic E-state index is -0.431. The maximum Gasteiger partial charge on any atom is 0.410 e. The van der Waals surface area contributed by atoms with Crippen LogP contribution in [0.3, 0.4) is 0 Å². The molecule has 0 spiro atoms. The van der Waals surface area contributed by atoms with Crippen molar-refractivity contribution in [1.82, 2.24) is 9.80 Å². The fourth-order valence-corrected chi connectivity index (χ4v) is 4.21. The molecule has 0 aromatic heterocycles. The van der Waals surface area contributed by atoms with Crippen LogP contribution in [-0.4, -0.2) is 60.8 Å². The minimum Gasteiger partial charge on any atom is -0.444 e. The Balaban J connectivity index is 1.83. The van der Waals surface area contributed by atoms with Crippen LogP contribution in [0.2, 0.25) is 0 Å². The highest BCUT2D eigenvalue weighted by molar-refractivity contribution is 5.68. The summed E-state index contributed by atoms with van der Waals surface area (Å²) in [6.45, 7) is 11.8. The third-order valence-electron chi connectivity index (χ3n) is 5.78. The van der Waals surface area contributed by atoms with Crippen LogP contribution in [0.5, 0.6) is 0 Å². The van der Waals surface area contributed by atoms with E-state index in [-0.39, 0.29) is 6.09 Å². The van der Waals surface area contributed by atoms with Crippen LogP contribution in [0, 0.1) is 11.8 Å². The highest BCUT2D eigenvalue weighted by atomic mass is 16.6. The first-order valence-corrected chi connectivity index (χ1v) is 10.8. The van der Waals surface area contributed by atoms with E-state index < -0.39 is 5.60 Å². The quantitative estimate of drug-likeness (QED) is 0.742. The van der Waals surface area contributed by atoms with Crippen LogP contribution in [-0.2, 0) is 4.74 Å². The maximum atomic E-state index is 12.7. The van der Waals surface area contributed by atoms with Gasteiger partial charge < -0.3 is 20.3 Å². The summed E-state index contributed by atoms with van der Waals surface area (Å²) < 4.78 is 5.68. The molecule has 2 rings (SSSR count). The second kappa shape index (κ2) is 10.5. The van der Waals surface area contributed by atoms with Crippen LogP contribution >= 0.6 is 0 Å². The molecule has 152 valence electrons. The number of carbonyl (C=O) groups is 1. The molecule has 1 saturated heterocycles. The van der Waals surface area contributed by atoms with Gasteiger partial charge >= 0.3 is 6.09 Å². The van der Waals surface area contributed by atoms with Crippen LogP contribution in [0.15, 0.2) is 0 Å². The number of carbonyl (C=O) groups excluding carboxylic acids is 1. The van der Waals surface area contributed by atoms with Crippen molar-refractivity contribution in [1.29, 1.82) is 0 Å². The first kappa shape index (κ1) is 21.5. The minimum absolute atomic E-state index is 0.142. The van der Waals surface area contributed by atoms with E-state index in [0.717, 1.165) is 32.6 Å². The number of hydrogen-bond donors (Lipinski definition) is 1. The number of nitrogens with zero attached hydrogens (tertiary/aromatic N) is 2. The summed E-state index contributed by atoms with van der Waals surface area (Å²) in [5.74, 6) is 1.28. The zero-order chi connectivity index (χ0) is 19.0. The topological polar surface area (TPSA) is 58.8 Å². The van der Waals surface area contributed by atoms with E-state index in [2.05, 4.69) is 4.90 Å². The molecule has 1 aliphatic heterocycles. The lowest BCUT2D eigenvalue weighted by atomic mass is 9.82. The number of likely N-dealkylation sites (tertiary alicyclic amines) is 1. The smallest absolute Gasteiger partial charge is 0.410 e. The molecular weight excluding hydrogens is 326 g/mol. The highest BCUT2D eigenvalue weighted by Gasteiger charge is 2.27. The first-order valence-electron chi connectivity index (χ1n) is 10.8. The highest BCUT2D eigenvalue weighted by Crippen LogP contribution is 2.29. The van der Waals surface area contributed by atoms with Gasteiger partial charge in [0.15, 0.2) is 0 Å². The summed E-state index contributed by atoms with van der Waals surface area (Å²) in [6, 6.07) is 0. The lowest BCUT2D eigenvalue weighted by Gasteiger charge is -2.34. The molecule has 1 heterocycles. The lowest BCUT2D eigenvalue weighted by Crippen LogP contribution is -2.42. The zero-order valence-electron chi connectivity index (χ0n) is 17.3. The van der Waals surface area contributed by atoms with Crippen molar-refractivity contribution >= 4 is 6.09 Å². The number of ether oxygens (including phenoxy) is 1. The second-order valence-electron chi connectivity index (χ2n) is 9.30. The predicted molar refractivity (Wildman–Crippen MR) is 107 cm³/mol. The van der Waals surface area contributed by atoms with Crippen molar-refractivity contribution in [2.24, 2.45) is 17.6 Å². The third kappa shape index (κ3) is 7.83. The van der Waals surface area contributed by atoms with Gasteiger partial charge in [0.1, 0.15) is 5.60 Å². The van der Waals surface area contributed by atoms with Gasteiger partial charge in [-0.15, -0.1) is 0 Å². The molecule has 0 bridgehead atoms. The van der Waals surface area contributed by atoms with Crippen LogP contribution < -0.4 is 5.73 Å². The van der Waals surface area contributed by atoms with E-state index in [1.165, 1.54) is 58.0 Å². The van der Waals surface area contributed by atoms with E-state index in [1.54, 1.807) is 0 Å². The molecule has 2 aliphatic rings. The van der Waals surface area contributed by atoms with Gasteiger partial charge in [-0.25, -0.2) is 4.79 Å². The molecule has 2 fully saturated rings. The fraction of sp³-hybridized carbons (Fsp3) is 0.952. The Hall–Kier alpha value is -0.810. The summed E-state index contributed by atoms with van der Waals surface area (Å²) in [6.07, 6.45) is 9.69. The molecular formula is C21H41N3O2. The van der Waals surface area contributed by atoms with Gasteiger partial charge in [-0.3, -0.25) is 0 Å². The molecule has 0 unspecified atom stereocenters. The SMILES string of the molecule is CC(C)(C)OC(=O)N(CCCN1CCCCC1)CC1CCC(CN)CC1. The van der Waals surface area contributed by atoms with Gasteiger partial charge in [-0.05, 0) is 104 Å². The van der Waals surface area contributed by atoms with Gasteiger partial charge in [-0.1, -0.05) is 6.42 Å². The van der Waals surface area contributed by atoms with Crippen LogP contribution in [0.4, 0.5) is 4.79 Å². The maximum absolute atomic E-state index is 12.7. The van der Waals surface area contributed by atoms with Gasteiger partial charge in [-0.2, -0.15) is 0 Å². The number of piperidine rings is 1. The standard InChI is InChI=1S/C21H41N3O2/c1-21(2,3)26-20(25)24(15-7-14-23-12-5-4-6-13-23)17-19-10-8-18(16-22)9-11-19/h18-19H,4-17,22H2,1-3H3. The molecule has 2 N–H and O–H groups in total. The van der Waals surface area contributed by atoms with E-state index in [1.807, 2.05) is 25.7 Å². The van der Waals surface area contributed by atoms with Crippen molar-refractivity contribution in [3.05, 3.63) is 0 Å². The lowest BCUT2D eigenvalue weighted by molar-refractivity contribution is 0.0194. The molecule has 0 atom stereocenters. The molecule has 5 heteroatoms. The average molecular weight is 368 g/mol. The molecule has 0 radical (unpaired) electrons. The molecule has 5 nitrogen and oxygen atoms in total. The number of amides is 1. The van der Waals surface area contributed by atoms with Gasteiger partial charge in [0.25, 0.3) is 0 Å². The molecule has 1 aliphatic carbocycles. The summed E-state index contributed by atoms with van der Waals surface area (Å²) in [5.41, 5.74) is 5.38. The fourth-order valence-electron chi connectivity index (χ4n) is 4.21. The van der Waals surface area contributed by atoms with E-state index >= 15 is 0 Å². The van der Waals surface area contributed by atoms with Gasteiger partial charge in [0.2, 0.25) is 0 Å². The van der Waals surface area contributed by atoms with Crippen molar-refractivity contribution < 1.29 is 9.53 Å². The number of nitrogens with two attached hydrogens (primary N) is 1. The summed E-state index contributed by atoms with van der Waals surface area (Å²) in [5, 5.41) is 0. The first-order chi connectivity index (χ1) is 12.4. The third-order valence-corrected chi connectivity index (χ3v) is 5.78. The van der Waals surface area contributed by atoms with E-state index in [4.69, 9.17) is 10.5 Å². The van der Waals surface area contributed by atoms with Crippen LogP contribution in [0.1, 0.15) is 72.1 Å². The largest absolute Gasteiger partial charge is 0.444 e. The molecule has 0 aromatic carbocycles. The van der Waals surface area contributed by atoms with Crippen molar-refractivity contribution in [2.75, 3.05) is 39.3 Å². The predicted octanol–water partition coefficient (Wildman–Crippen LogP) is 3.86. The normalized spacial score (nSPS) is 25.1. The molecule has 1 saturated carbocycles. The van der Waals surface area contributed by atoms with Gasteiger partial charge in [0, 0.05) is 13.1 Å². The van der Waals surface area contributed by atoms with Gasteiger partial charge in [0.05, 0.1) is 0 Å². The Labute approximate surface area is 160 Å². The summed E-state index contributed by atoms with van der Waals surface area (Å²) >= 11 is 0. The number of rotatable bonds is 7. The molecule has 26 heavy (non-hydrogen) atoms. The Bertz CT molecular complexity index is 408. The Kier molecular flexibility index (Phi) is 8.68. The van der Waals surface area contributed by atoms with Crippen molar-refractivity contribution in [2.45, 2.75) is 77.7 Å². The van der Waals surface area contributed by atoms with Crippen molar-refractivity contribution in [3.8, 4) is 0 Å². The second-order valence-corrected chi connectivity index (χ2v) is 9.30. The van der Waals surface area contributed by atoms with E-state index in [0.29, 0.717) is 11.8 Å². The summed E-state index contributed by atoms with van der Waals surface area (Å²) in [4.78, 5) is 17.2. The summed E-state index contributed by atoms with van der Waals surface area (Å²) in [7, 11) is 0. The number of hydrogen-bond acceptors (Lipinski definition) is 4. The Morgan fingerprint density at radius 2 is 1.69 bits per heavy atom. The Morgan fingerprint density at radius 3 is 2.27 bits per heavy atom. The Morgan fingerprint density at radius 1 is 1.08 bits per heavy atom. The van der Waals surface area contributed by atoms with Crippen molar-refractivity contribution in [3.63, 3.8) is 0 Å². The van der Waals surface area contributed by atoms with Crippen LogP contribution in [0.25, 0.3) is 0 Å². The monoisotopic (exact) mass is 367 g/mol. The van der Waals surface area contributed by atoms with E-state index in [9.17, 15) is 4.79 Å². The molecule has 1 amide bonds. The molecule has 0 aromatic rings. The zero-order valence-corrected chi connectivity index (χ0v) is 17.3.